The number of aliphatic hydroxyl groups is 1. The van der Waals surface area contributed by atoms with Gasteiger partial charge in [-0.05, 0) is 32.8 Å². The molecule has 0 aliphatic carbocycles. The van der Waals surface area contributed by atoms with Crippen molar-refractivity contribution in [2.75, 3.05) is 0 Å². The van der Waals surface area contributed by atoms with Crippen LogP contribution in [0.25, 0.3) is 0 Å². The minimum absolute atomic E-state index is 0.384. The predicted molar refractivity (Wildman–Crippen MR) is 79.4 cm³/mol. The Hall–Kier alpha value is -1.81. The first-order valence-corrected chi connectivity index (χ1v) is 6.67. The first-order chi connectivity index (χ1) is 9.33. The molecule has 20 heavy (non-hydrogen) atoms. The molecule has 1 rings (SSSR count). The molecule has 1 amide bonds. The molecule has 0 fully saturated rings. The molecule has 1 aromatic rings. The van der Waals surface area contributed by atoms with Gasteiger partial charge in [0.1, 0.15) is 5.60 Å². The van der Waals surface area contributed by atoms with E-state index in [1.54, 1.807) is 26.8 Å². The van der Waals surface area contributed by atoms with E-state index in [9.17, 15) is 9.90 Å². The summed E-state index contributed by atoms with van der Waals surface area (Å²) < 4.78 is 5.23. The summed E-state index contributed by atoms with van der Waals surface area (Å²) in [7, 11) is 0. The number of rotatable bonds is 5. The lowest BCUT2D eigenvalue weighted by Crippen LogP contribution is -2.39. The van der Waals surface area contributed by atoms with Crippen molar-refractivity contribution in [2.24, 2.45) is 0 Å². The van der Waals surface area contributed by atoms with Crippen LogP contribution < -0.4 is 5.32 Å². The molecular weight excluding hydrogens is 254 g/mol. The van der Waals surface area contributed by atoms with Gasteiger partial charge in [-0.1, -0.05) is 36.4 Å². The molecule has 0 unspecified atom stereocenters. The highest BCUT2D eigenvalue weighted by Gasteiger charge is 2.25. The second-order valence-corrected chi connectivity index (χ2v) is 5.63. The number of carbonyl (C=O) groups excluding carboxylic acids is 1. The van der Waals surface area contributed by atoms with E-state index >= 15 is 0 Å². The molecule has 2 N–H and O–H groups in total. The highest BCUT2D eigenvalue weighted by Crippen LogP contribution is 2.20. The van der Waals surface area contributed by atoms with Gasteiger partial charge in [0.25, 0.3) is 0 Å². The van der Waals surface area contributed by atoms with Crippen LogP contribution in [0.5, 0.6) is 0 Å². The Bertz CT molecular complexity index is 437. The maximum atomic E-state index is 11.9. The van der Waals surface area contributed by atoms with E-state index < -0.39 is 23.8 Å². The molecular formula is C16H23NO3. The summed E-state index contributed by atoms with van der Waals surface area (Å²) in [4.78, 5) is 11.9. The summed E-state index contributed by atoms with van der Waals surface area (Å²) in [6.07, 6.45) is 0.712. The van der Waals surface area contributed by atoms with Crippen LogP contribution in [0.2, 0.25) is 0 Å². The summed E-state index contributed by atoms with van der Waals surface area (Å²) in [5, 5.41) is 12.9. The number of hydrogen-bond acceptors (Lipinski definition) is 3. The van der Waals surface area contributed by atoms with Crippen molar-refractivity contribution in [3.05, 3.63) is 48.6 Å². The molecule has 0 heterocycles. The van der Waals surface area contributed by atoms with Gasteiger partial charge in [-0.2, -0.15) is 0 Å². The number of carbonyl (C=O) groups is 1. The monoisotopic (exact) mass is 277 g/mol. The number of benzene rings is 1. The van der Waals surface area contributed by atoms with Gasteiger partial charge >= 0.3 is 6.09 Å². The molecule has 110 valence electrons. The summed E-state index contributed by atoms with van der Waals surface area (Å²) in [6.45, 7) is 9.00. The predicted octanol–water partition coefficient (Wildman–Crippen LogP) is 3.19. The fraction of sp³-hybridized carbons (Fsp3) is 0.438. The second kappa shape index (κ2) is 7.10. The third kappa shape index (κ3) is 5.45. The Kier molecular flexibility index (Phi) is 5.77. The summed E-state index contributed by atoms with van der Waals surface area (Å²) in [6, 6.07) is 8.79. The van der Waals surface area contributed by atoms with Crippen molar-refractivity contribution in [1.29, 1.82) is 0 Å². The smallest absolute Gasteiger partial charge is 0.408 e. The average Bonchev–Trinajstić information content (AvgIpc) is 2.35. The van der Waals surface area contributed by atoms with Crippen molar-refractivity contribution >= 4 is 6.09 Å². The summed E-state index contributed by atoms with van der Waals surface area (Å²) in [5.74, 6) is 0. The fourth-order valence-corrected chi connectivity index (χ4v) is 1.80. The molecule has 0 saturated heterocycles. The molecule has 0 saturated carbocycles. The van der Waals surface area contributed by atoms with Crippen molar-refractivity contribution in [3.63, 3.8) is 0 Å². The van der Waals surface area contributed by atoms with Crippen LogP contribution in [-0.4, -0.2) is 22.9 Å². The highest BCUT2D eigenvalue weighted by atomic mass is 16.6. The van der Waals surface area contributed by atoms with Crippen molar-refractivity contribution < 1.29 is 14.6 Å². The van der Waals surface area contributed by atoms with Crippen LogP contribution in [0.15, 0.2) is 43.0 Å². The van der Waals surface area contributed by atoms with E-state index in [2.05, 4.69) is 11.9 Å². The number of alkyl carbamates (subject to hydrolysis) is 1. The Morgan fingerprint density at radius 2 is 2.00 bits per heavy atom. The van der Waals surface area contributed by atoms with E-state index in [-0.39, 0.29) is 0 Å². The molecule has 0 aliphatic rings. The minimum Gasteiger partial charge on any atom is -0.444 e. The van der Waals surface area contributed by atoms with E-state index in [1.807, 2.05) is 30.3 Å². The quantitative estimate of drug-likeness (QED) is 0.813. The largest absolute Gasteiger partial charge is 0.444 e. The van der Waals surface area contributed by atoms with Crippen LogP contribution in [0.3, 0.4) is 0 Å². The van der Waals surface area contributed by atoms with Gasteiger partial charge in [-0.3, -0.25) is 0 Å². The third-order valence-electron chi connectivity index (χ3n) is 2.62. The SMILES string of the molecule is C=CC[C@@H](O)[C@@H](NC(=O)OC(C)(C)C)c1ccccc1. The zero-order chi connectivity index (χ0) is 15.2. The lowest BCUT2D eigenvalue weighted by Gasteiger charge is -2.26. The maximum absolute atomic E-state index is 11.9. The van der Waals surface area contributed by atoms with Crippen molar-refractivity contribution in [2.45, 2.75) is 44.9 Å². The summed E-state index contributed by atoms with van der Waals surface area (Å²) in [5.41, 5.74) is 0.252. The molecule has 2 atom stereocenters. The fourth-order valence-electron chi connectivity index (χ4n) is 1.80. The van der Waals surface area contributed by atoms with E-state index in [0.717, 1.165) is 5.56 Å². The Labute approximate surface area is 120 Å². The lowest BCUT2D eigenvalue weighted by atomic mass is 9.99. The van der Waals surface area contributed by atoms with Gasteiger partial charge in [0.15, 0.2) is 0 Å². The summed E-state index contributed by atoms with van der Waals surface area (Å²) >= 11 is 0. The first kappa shape index (κ1) is 16.2. The highest BCUT2D eigenvalue weighted by molar-refractivity contribution is 5.68. The Morgan fingerprint density at radius 3 is 2.50 bits per heavy atom. The van der Waals surface area contributed by atoms with Crippen molar-refractivity contribution in [1.82, 2.24) is 5.32 Å². The van der Waals surface area contributed by atoms with Crippen LogP contribution in [0.1, 0.15) is 38.8 Å². The third-order valence-corrected chi connectivity index (χ3v) is 2.62. The molecule has 0 radical (unpaired) electrons. The number of hydrogen-bond donors (Lipinski definition) is 2. The molecule has 0 aromatic heterocycles. The zero-order valence-corrected chi connectivity index (χ0v) is 12.3. The number of aliphatic hydroxyl groups excluding tert-OH is 1. The van der Waals surface area contributed by atoms with Crippen LogP contribution in [0.4, 0.5) is 4.79 Å². The van der Waals surface area contributed by atoms with Gasteiger partial charge in [0.05, 0.1) is 12.1 Å². The normalized spacial score (nSPS) is 14.2. The minimum atomic E-state index is -0.748. The van der Waals surface area contributed by atoms with Gasteiger partial charge in [0, 0.05) is 0 Å². The molecule has 0 spiro atoms. The average molecular weight is 277 g/mol. The van der Waals surface area contributed by atoms with E-state index in [1.165, 1.54) is 0 Å². The number of amides is 1. The Balaban J connectivity index is 2.84. The second-order valence-electron chi connectivity index (χ2n) is 5.63. The molecule has 1 aromatic carbocycles. The standard InChI is InChI=1S/C16H23NO3/c1-5-9-13(18)14(12-10-7-6-8-11-12)17-15(19)20-16(2,3)4/h5-8,10-11,13-14,18H,1,9H2,2-4H3,(H,17,19)/t13-,14+/m1/s1. The Morgan fingerprint density at radius 1 is 1.40 bits per heavy atom. The van der Waals surface area contributed by atoms with Gasteiger partial charge in [-0.15, -0.1) is 6.58 Å². The molecule has 0 bridgehead atoms. The topological polar surface area (TPSA) is 58.6 Å². The van der Waals surface area contributed by atoms with Crippen LogP contribution >= 0.6 is 0 Å². The van der Waals surface area contributed by atoms with Gasteiger partial charge in [-0.25, -0.2) is 4.79 Å². The van der Waals surface area contributed by atoms with Crippen LogP contribution in [0, 0.1) is 0 Å². The van der Waals surface area contributed by atoms with Crippen LogP contribution in [-0.2, 0) is 4.74 Å². The molecule has 0 aliphatic heterocycles. The van der Waals surface area contributed by atoms with E-state index in [4.69, 9.17) is 4.74 Å². The zero-order valence-electron chi connectivity index (χ0n) is 12.3. The lowest BCUT2D eigenvalue weighted by molar-refractivity contribution is 0.0423. The van der Waals surface area contributed by atoms with Gasteiger partial charge < -0.3 is 15.2 Å². The number of ether oxygens (including phenoxy) is 1. The molecule has 4 heteroatoms. The number of nitrogens with one attached hydrogen (secondary N) is 1. The first-order valence-electron chi connectivity index (χ1n) is 6.67. The molecule has 4 nitrogen and oxygen atoms in total. The van der Waals surface area contributed by atoms with Crippen molar-refractivity contribution in [3.8, 4) is 0 Å². The van der Waals surface area contributed by atoms with Gasteiger partial charge in [0.2, 0.25) is 0 Å². The maximum Gasteiger partial charge on any atom is 0.408 e. The van der Waals surface area contributed by atoms with E-state index in [0.29, 0.717) is 6.42 Å².